The molecule has 1 N–H and O–H groups in total. The standard InChI is InChI=1S/C19H20BN/c1-14-12-15(2)19(16(3)13-14)20-11-7-10-18(21-20)17-8-5-4-6-9-17/h4-13,21H,1-3H3. The Morgan fingerprint density at radius 2 is 1.57 bits per heavy atom. The largest absolute Gasteiger partial charge is 0.420 e. The van der Waals surface area contributed by atoms with Crippen molar-refractivity contribution in [3.8, 4) is 0 Å². The van der Waals surface area contributed by atoms with Gasteiger partial charge in [-0.2, -0.15) is 0 Å². The Labute approximate surface area is 127 Å². The van der Waals surface area contributed by atoms with E-state index in [4.69, 9.17) is 0 Å². The van der Waals surface area contributed by atoms with Gasteiger partial charge in [-0.15, -0.1) is 0 Å². The number of aryl methyl sites for hydroxylation is 3. The second-order valence-electron chi connectivity index (χ2n) is 5.77. The molecule has 0 aliphatic carbocycles. The maximum atomic E-state index is 3.66. The van der Waals surface area contributed by atoms with E-state index in [-0.39, 0.29) is 6.85 Å². The van der Waals surface area contributed by atoms with Crippen LogP contribution in [0.5, 0.6) is 0 Å². The molecular weight excluding hydrogens is 253 g/mol. The van der Waals surface area contributed by atoms with Crippen LogP contribution < -0.4 is 10.7 Å². The topological polar surface area (TPSA) is 12.0 Å². The van der Waals surface area contributed by atoms with Gasteiger partial charge in [0.05, 0.1) is 0 Å². The predicted octanol–water partition coefficient (Wildman–Crippen LogP) is 3.55. The van der Waals surface area contributed by atoms with Gasteiger partial charge in [0.25, 0.3) is 0 Å². The van der Waals surface area contributed by atoms with E-state index in [2.05, 4.69) is 86.6 Å². The predicted molar refractivity (Wildman–Crippen MR) is 92.7 cm³/mol. The highest BCUT2D eigenvalue weighted by molar-refractivity contribution is 6.77. The molecule has 0 spiro atoms. The summed E-state index contributed by atoms with van der Waals surface area (Å²) in [7, 11) is 0. The number of rotatable bonds is 2. The Bertz CT molecular complexity index is 691. The van der Waals surface area contributed by atoms with E-state index < -0.39 is 0 Å². The van der Waals surface area contributed by atoms with Crippen molar-refractivity contribution < 1.29 is 0 Å². The third kappa shape index (κ3) is 2.80. The summed E-state index contributed by atoms with van der Waals surface area (Å²) in [5.74, 6) is 2.23. The fraction of sp³-hybridized carbons (Fsp3) is 0.158. The van der Waals surface area contributed by atoms with Crippen molar-refractivity contribution in [1.82, 2.24) is 5.23 Å². The summed E-state index contributed by atoms with van der Waals surface area (Å²) in [6.45, 7) is 6.80. The van der Waals surface area contributed by atoms with Crippen LogP contribution in [-0.2, 0) is 0 Å². The molecule has 0 unspecified atom stereocenters. The quantitative estimate of drug-likeness (QED) is 0.825. The summed E-state index contributed by atoms with van der Waals surface area (Å²) in [5, 5.41) is 3.66. The van der Waals surface area contributed by atoms with Gasteiger partial charge in [-0.3, -0.25) is 0 Å². The molecule has 0 bridgehead atoms. The van der Waals surface area contributed by atoms with Crippen LogP contribution in [0, 0.1) is 20.8 Å². The van der Waals surface area contributed by atoms with Gasteiger partial charge in [0.15, 0.2) is 0 Å². The third-order valence-electron chi connectivity index (χ3n) is 4.01. The molecule has 0 radical (unpaired) electrons. The molecule has 0 saturated carbocycles. The average molecular weight is 273 g/mol. The van der Waals surface area contributed by atoms with Crippen molar-refractivity contribution in [3.05, 3.63) is 82.8 Å². The van der Waals surface area contributed by atoms with E-state index in [0.29, 0.717) is 0 Å². The van der Waals surface area contributed by atoms with E-state index in [1.165, 1.54) is 33.4 Å². The zero-order valence-corrected chi connectivity index (χ0v) is 12.9. The first kappa shape index (κ1) is 13.8. The first-order chi connectivity index (χ1) is 10.1. The highest BCUT2D eigenvalue weighted by Gasteiger charge is 2.21. The summed E-state index contributed by atoms with van der Waals surface area (Å²) < 4.78 is 0. The first-order valence-electron chi connectivity index (χ1n) is 7.43. The van der Waals surface area contributed by atoms with Crippen LogP contribution in [0.4, 0.5) is 0 Å². The van der Waals surface area contributed by atoms with Crippen LogP contribution in [0.1, 0.15) is 22.3 Å². The molecule has 21 heavy (non-hydrogen) atoms. The van der Waals surface area contributed by atoms with E-state index in [1.807, 2.05) is 0 Å². The van der Waals surface area contributed by atoms with E-state index >= 15 is 0 Å². The summed E-state index contributed by atoms with van der Waals surface area (Å²) in [6.07, 6.45) is 4.30. The SMILES string of the molecule is Cc1cc(C)c(B2C=CC=C(c3ccccc3)N2)c(C)c1. The number of nitrogens with one attached hydrogen (secondary N) is 1. The van der Waals surface area contributed by atoms with Gasteiger partial charge in [-0.1, -0.05) is 71.2 Å². The van der Waals surface area contributed by atoms with Crippen LogP contribution in [0.3, 0.4) is 0 Å². The lowest BCUT2D eigenvalue weighted by Crippen LogP contribution is -2.46. The van der Waals surface area contributed by atoms with Crippen LogP contribution in [0.25, 0.3) is 5.70 Å². The Hall–Kier alpha value is -2.22. The zero-order valence-electron chi connectivity index (χ0n) is 12.9. The normalized spacial score (nSPS) is 13.9. The fourth-order valence-corrected chi connectivity index (χ4v) is 3.17. The molecule has 104 valence electrons. The summed E-state index contributed by atoms with van der Waals surface area (Å²) in [4.78, 5) is 0. The summed E-state index contributed by atoms with van der Waals surface area (Å²) in [5.41, 5.74) is 7.83. The second-order valence-corrected chi connectivity index (χ2v) is 5.77. The number of hydrogen-bond donors (Lipinski definition) is 1. The molecule has 2 heteroatoms. The highest BCUT2D eigenvalue weighted by Crippen LogP contribution is 2.16. The van der Waals surface area contributed by atoms with Crippen molar-refractivity contribution in [2.24, 2.45) is 0 Å². The van der Waals surface area contributed by atoms with Gasteiger partial charge in [-0.05, 0) is 37.9 Å². The van der Waals surface area contributed by atoms with Crippen molar-refractivity contribution >= 4 is 18.0 Å². The highest BCUT2D eigenvalue weighted by atomic mass is 14.8. The first-order valence-corrected chi connectivity index (χ1v) is 7.43. The Kier molecular flexibility index (Phi) is 3.70. The Balaban J connectivity index is 1.94. The van der Waals surface area contributed by atoms with E-state index in [9.17, 15) is 0 Å². The monoisotopic (exact) mass is 273 g/mol. The van der Waals surface area contributed by atoms with E-state index in [0.717, 1.165) is 0 Å². The van der Waals surface area contributed by atoms with Gasteiger partial charge < -0.3 is 5.23 Å². The van der Waals surface area contributed by atoms with Crippen LogP contribution in [0.2, 0.25) is 0 Å². The Morgan fingerprint density at radius 1 is 0.905 bits per heavy atom. The number of benzene rings is 2. The van der Waals surface area contributed by atoms with Crippen LogP contribution in [0.15, 0.2) is 60.6 Å². The van der Waals surface area contributed by atoms with Crippen molar-refractivity contribution in [1.29, 1.82) is 0 Å². The van der Waals surface area contributed by atoms with Gasteiger partial charge in [0.2, 0.25) is 0 Å². The number of allylic oxidation sites excluding steroid dienone is 2. The minimum atomic E-state index is 0.241. The molecule has 1 aliphatic heterocycles. The molecule has 0 aromatic heterocycles. The molecular formula is C19H20BN. The molecule has 0 amide bonds. The molecule has 0 atom stereocenters. The molecule has 0 fully saturated rings. The molecule has 1 aliphatic rings. The molecule has 0 saturated heterocycles. The zero-order chi connectivity index (χ0) is 14.8. The molecule has 2 aromatic rings. The second kappa shape index (κ2) is 5.65. The number of hydrogen-bond acceptors (Lipinski definition) is 1. The lowest BCUT2D eigenvalue weighted by atomic mass is 9.52. The summed E-state index contributed by atoms with van der Waals surface area (Å²) >= 11 is 0. The Morgan fingerprint density at radius 3 is 2.24 bits per heavy atom. The lowest BCUT2D eigenvalue weighted by Gasteiger charge is -2.23. The average Bonchev–Trinajstić information content (AvgIpc) is 2.47. The van der Waals surface area contributed by atoms with Crippen molar-refractivity contribution in [2.75, 3.05) is 0 Å². The lowest BCUT2D eigenvalue weighted by molar-refractivity contribution is 1.30. The van der Waals surface area contributed by atoms with Gasteiger partial charge >= 0.3 is 6.85 Å². The fourth-order valence-electron chi connectivity index (χ4n) is 3.17. The molecule has 1 heterocycles. The van der Waals surface area contributed by atoms with Crippen LogP contribution in [-0.4, -0.2) is 6.85 Å². The van der Waals surface area contributed by atoms with E-state index in [1.54, 1.807) is 0 Å². The third-order valence-corrected chi connectivity index (χ3v) is 4.01. The minimum Gasteiger partial charge on any atom is -0.420 e. The minimum absolute atomic E-state index is 0.241. The smallest absolute Gasteiger partial charge is 0.313 e. The van der Waals surface area contributed by atoms with Gasteiger partial charge in [0, 0.05) is 5.70 Å². The van der Waals surface area contributed by atoms with Crippen LogP contribution >= 0.6 is 0 Å². The maximum Gasteiger partial charge on any atom is 0.313 e. The maximum absolute atomic E-state index is 3.66. The summed E-state index contributed by atoms with van der Waals surface area (Å²) in [6, 6.07) is 15.0. The molecule has 2 aromatic carbocycles. The van der Waals surface area contributed by atoms with Gasteiger partial charge in [0.1, 0.15) is 0 Å². The van der Waals surface area contributed by atoms with Crippen molar-refractivity contribution in [2.45, 2.75) is 20.8 Å². The van der Waals surface area contributed by atoms with Gasteiger partial charge in [-0.25, -0.2) is 0 Å². The molecule has 1 nitrogen and oxygen atoms in total. The molecule has 3 rings (SSSR count). The van der Waals surface area contributed by atoms with Crippen molar-refractivity contribution in [3.63, 3.8) is 0 Å².